The normalized spacial score (nSPS) is 30.6. The van der Waals surface area contributed by atoms with E-state index < -0.39 is 12.2 Å². The first-order chi connectivity index (χ1) is 8.47. The van der Waals surface area contributed by atoms with E-state index in [1.807, 2.05) is 0 Å². The van der Waals surface area contributed by atoms with E-state index in [1.54, 1.807) is 0 Å². The van der Waals surface area contributed by atoms with Crippen molar-refractivity contribution in [1.29, 1.82) is 0 Å². The first kappa shape index (κ1) is 13.5. The molecule has 1 N–H and O–H groups in total. The maximum atomic E-state index is 13.1. The molecule has 18 heavy (non-hydrogen) atoms. The van der Waals surface area contributed by atoms with Crippen LogP contribution in [0.15, 0.2) is 4.99 Å². The Bertz CT molecular complexity index is 309. The van der Waals surface area contributed by atoms with Crippen molar-refractivity contribution in [3.8, 4) is 0 Å². The summed E-state index contributed by atoms with van der Waals surface area (Å²) in [5.74, 6) is 0.170. The van der Waals surface area contributed by atoms with E-state index >= 15 is 0 Å². The van der Waals surface area contributed by atoms with Crippen LogP contribution >= 0.6 is 0 Å². The van der Waals surface area contributed by atoms with Gasteiger partial charge in [0, 0.05) is 0 Å². The Morgan fingerprint density at radius 2 is 1.94 bits per heavy atom. The van der Waals surface area contributed by atoms with Crippen LogP contribution in [0, 0.1) is 11.8 Å². The van der Waals surface area contributed by atoms with Crippen LogP contribution in [0.5, 0.6) is 0 Å². The fraction of sp³-hybridized carbons (Fsp3) is 0.917. The Balaban J connectivity index is 2.00. The van der Waals surface area contributed by atoms with Crippen LogP contribution in [0.2, 0.25) is 0 Å². The number of aliphatic imine (C=N–C) groups is 1. The van der Waals surface area contributed by atoms with E-state index in [4.69, 9.17) is 4.74 Å². The third-order valence-corrected chi connectivity index (χ3v) is 3.75. The molecule has 0 aromatic carbocycles. The van der Waals surface area contributed by atoms with Crippen LogP contribution < -0.4 is 5.32 Å². The molecule has 6 heteroatoms. The third-order valence-electron chi connectivity index (χ3n) is 3.75. The molecule has 1 heterocycles. The molecule has 1 saturated carbocycles. The Labute approximate surface area is 105 Å². The predicted molar refractivity (Wildman–Crippen MR) is 62.4 cm³/mol. The quantitative estimate of drug-likeness (QED) is 0.832. The summed E-state index contributed by atoms with van der Waals surface area (Å²) in [5, 5.41) is 2.44. The molecule has 2 rings (SSSR count). The van der Waals surface area contributed by atoms with E-state index in [0.29, 0.717) is 31.9 Å². The number of amidine groups is 1. The lowest BCUT2D eigenvalue weighted by molar-refractivity contribution is -0.167. The second kappa shape index (κ2) is 5.36. The van der Waals surface area contributed by atoms with Crippen molar-refractivity contribution in [2.24, 2.45) is 16.8 Å². The largest absolute Gasteiger partial charge is 0.463 e. The number of rotatable bonds is 2. The molecular weight excluding hydrogens is 245 g/mol. The van der Waals surface area contributed by atoms with Crippen molar-refractivity contribution in [3.05, 3.63) is 0 Å². The molecule has 3 nitrogen and oxygen atoms in total. The van der Waals surface area contributed by atoms with Gasteiger partial charge < -0.3 is 10.1 Å². The van der Waals surface area contributed by atoms with Gasteiger partial charge in [-0.25, -0.2) is 4.99 Å². The number of alkyl halides is 3. The molecule has 0 aromatic heterocycles. The molecule has 0 spiro atoms. The Morgan fingerprint density at radius 1 is 1.28 bits per heavy atom. The highest BCUT2D eigenvalue weighted by molar-refractivity contribution is 5.75. The summed E-state index contributed by atoms with van der Waals surface area (Å²) in [6.45, 7) is 2.90. The molecule has 1 aliphatic carbocycles. The molecule has 1 aliphatic heterocycles. The molecule has 0 aromatic rings. The average molecular weight is 264 g/mol. The van der Waals surface area contributed by atoms with Gasteiger partial charge in [0.2, 0.25) is 0 Å². The molecular formula is C12H19F3N2O. The van der Waals surface area contributed by atoms with Gasteiger partial charge in [-0.1, -0.05) is 19.8 Å². The fourth-order valence-corrected chi connectivity index (χ4v) is 2.64. The summed E-state index contributed by atoms with van der Waals surface area (Å²) in [7, 11) is 0. The number of ether oxygens (including phenoxy) is 1. The van der Waals surface area contributed by atoms with Gasteiger partial charge >= 0.3 is 6.18 Å². The van der Waals surface area contributed by atoms with Crippen molar-refractivity contribution in [2.45, 2.75) is 44.8 Å². The Hall–Kier alpha value is -0.940. The van der Waals surface area contributed by atoms with Gasteiger partial charge in [0.05, 0.1) is 6.54 Å². The molecule has 2 aliphatic rings. The molecule has 1 fully saturated rings. The monoisotopic (exact) mass is 264 g/mol. The van der Waals surface area contributed by atoms with Crippen LogP contribution in [-0.4, -0.2) is 31.4 Å². The average Bonchev–Trinajstić information content (AvgIpc) is 2.79. The Kier molecular flexibility index (Phi) is 4.02. The zero-order chi connectivity index (χ0) is 13.2. The summed E-state index contributed by atoms with van der Waals surface area (Å²) in [5.41, 5.74) is 0. The minimum Gasteiger partial charge on any atom is -0.463 e. The minimum absolute atomic E-state index is 0.0518. The van der Waals surface area contributed by atoms with Crippen LogP contribution in [0.1, 0.15) is 32.6 Å². The number of hydrogen-bond donors (Lipinski definition) is 1. The topological polar surface area (TPSA) is 33.6 Å². The van der Waals surface area contributed by atoms with E-state index in [2.05, 4.69) is 17.2 Å². The number of hydrogen-bond acceptors (Lipinski definition) is 3. The van der Waals surface area contributed by atoms with E-state index in [0.717, 1.165) is 12.8 Å². The van der Waals surface area contributed by atoms with Crippen LogP contribution in [0.3, 0.4) is 0 Å². The van der Waals surface area contributed by atoms with E-state index in [1.165, 1.54) is 0 Å². The zero-order valence-corrected chi connectivity index (χ0v) is 10.5. The maximum Gasteiger partial charge on any atom is 0.408 e. The second-order valence-corrected chi connectivity index (χ2v) is 5.22. The highest BCUT2D eigenvalue weighted by Gasteiger charge is 2.46. The van der Waals surface area contributed by atoms with Crippen LogP contribution in [0.25, 0.3) is 0 Å². The van der Waals surface area contributed by atoms with Gasteiger partial charge in [0.25, 0.3) is 6.02 Å². The molecule has 104 valence electrons. The highest BCUT2D eigenvalue weighted by Crippen LogP contribution is 2.36. The lowest BCUT2D eigenvalue weighted by Crippen LogP contribution is -2.51. The number of nitrogens with zero attached hydrogens (tertiary/aromatic N) is 1. The lowest BCUT2D eigenvalue weighted by Gasteiger charge is -2.34. The molecule has 0 radical (unpaired) electrons. The standard InChI is InChI=1S/C12H19F3N2O/c1-8-2-4-9(5-3-8)10(12(13,14)15)17-11-16-6-7-18-11/h8-10H,2-7H2,1H3,(H,16,17). The predicted octanol–water partition coefficient (Wildman–Crippen LogP) is 2.72. The first-order valence-corrected chi connectivity index (χ1v) is 6.47. The van der Waals surface area contributed by atoms with Crippen molar-refractivity contribution in [3.63, 3.8) is 0 Å². The first-order valence-electron chi connectivity index (χ1n) is 6.47. The van der Waals surface area contributed by atoms with Gasteiger partial charge in [0.1, 0.15) is 12.6 Å². The number of halogens is 3. The number of nitrogens with one attached hydrogen (secondary N) is 1. The summed E-state index contributed by atoms with van der Waals surface area (Å²) in [6.07, 6.45) is -1.28. The minimum atomic E-state index is -4.25. The summed E-state index contributed by atoms with van der Waals surface area (Å²) >= 11 is 0. The Morgan fingerprint density at radius 3 is 2.44 bits per heavy atom. The van der Waals surface area contributed by atoms with Crippen LogP contribution in [0.4, 0.5) is 13.2 Å². The summed E-state index contributed by atoms with van der Waals surface area (Å²) < 4.78 is 44.3. The zero-order valence-electron chi connectivity index (χ0n) is 10.5. The highest BCUT2D eigenvalue weighted by atomic mass is 19.4. The summed E-state index contributed by atoms with van der Waals surface area (Å²) in [4.78, 5) is 3.88. The second-order valence-electron chi connectivity index (χ2n) is 5.22. The fourth-order valence-electron chi connectivity index (χ4n) is 2.64. The maximum absolute atomic E-state index is 13.1. The lowest BCUT2D eigenvalue weighted by atomic mass is 9.79. The smallest absolute Gasteiger partial charge is 0.408 e. The molecule has 1 unspecified atom stereocenters. The van der Waals surface area contributed by atoms with Crippen molar-refractivity contribution in [1.82, 2.24) is 5.32 Å². The SMILES string of the molecule is CC1CCC(C(NC2=NCCO2)C(F)(F)F)CC1. The van der Waals surface area contributed by atoms with Crippen molar-refractivity contribution in [2.75, 3.05) is 13.2 Å². The van der Waals surface area contributed by atoms with Gasteiger partial charge in [-0.15, -0.1) is 0 Å². The van der Waals surface area contributed by atoms with Gasteiger partial charge in [-0.05, 0) is 24.7 Å². The van der Waals surface area contributed by atoms with Gasteiger partial charge in [-0.3, -0.25) is 0 Å². The molecule has 0 bridgehead atoms. The van der Waals surface area contributed by atoms with Crippen LogP contribution in [-0.2, 0) is 4.74 Å². The van der Waals surface area contributed by atoms with Crippen molar-refractivity contribution >= 4 is 6.02 Å². The summed E-state index contributed by atoms with van der Waals surface area (Å²) in [6, 6.07) is -1.47. The van der Waals surface area contributed by atoms with Gasteiger partial charge in [0.15, 0.2) is 0 Å². The molecule has 0 amide bonds. The molecule has 0 saturated heterocycles. The third kappa shape index (κ3) is 3.29. The van der Waals surface area contributed by atoms with E-state index in [-0.39, 0.29) is 11.9 Å². The van der Waals surface area contributed by atoms with Gasteiger partial charge in [-0.2, -0.15) is 13.2 Å². The van der Waals surface area contributed by atoms with E-state index in [9.17, 15) is 13.2 Å². The molecule has 1 atom stereocenters. The van der Waals surface area contributed by atoms with Crippen molar-refractivity contribution < 1.29 is 17.9 Å².